The molecule has 7 nitrogen and oxygen atoms in total. The van der Waals surface area contributed by atoms with Gasteiger partial charge in [0.1, 0.15) is 0 Å². The number of amides is 1. The van der Waals surface area contributed by atoms with Gasteiger partial charge in [-0.3, -0.25) is 14.9 Å². The van der Waals surface area contributed by atoms with Crippen LogP contribution in [0.1, 0.15) is 34.5 Å². The third-order valence-electron chi connectivity index (χ3n) is 4.06. The number of hydrogen-bond acceptors (Lipinski definition) is 6. The Balaban J connectivity index is 1.69. The Morgan fingerprint density at radius 2 is 2.00 bits per heavy atom. The van der Waals surface area contributed by atoms with E-state index in [1.165, 1.54) is 12.3 Å². The molecule has 0 atom stereocenters. The summed E-state index contributed by atoms with van der Waals surface area (Å²) in [5, 5.41) is 2.61. The predicted octanol–water partition coefficient (Wildman–Crippen LogP) is 2.66. The molecule has 2 aromatic rings. The molecule has 26 heavy (non-hydrogen) atoms. The van der Waals surface area contributed by atoms with Gasteiger partial charge in [-0.25, -0.2) is 9.97 Å². The van der Waals surface area contributed by atoms with E-state index in [-0.39, 0.29) is 17.6 Å². The lowest BCUT2D eigenvalue weighted by Crippen LogP contribution is -2.17. The third kappa shape index (κ3) is 3.88. The summed E-state index contributed by atoms with van der Waals surface area (Å²) in [5.74, 6) is 1.09. The van der Waals surface area contributed by atoms with Gasteiger partial charge >= 0.3 is 0 Å². The smallest absolute Gasteiger partial charge is 0.250 e. The first-order valence-corrected chi connectivity index (χ1v) is 8.21. The number of hydrogen-bond donors (Lipinski definition) is 1. The molecule has 0 fully saturated rings. The summed E-state index contributed by atoms with van der Waals surface area (Å²) in [5.41, 5.74) is 2.03. The van der Waals surface area contributed by atoms with Crippen molar-refractivity contribution in [2.45, 2.75) is 19.3 Å². The average Bonchev–Trinajstić information content (AvgIpc) is 2.66. The van der Waals surface area contributed by atoms with Crippen molar-refractivity contribution in [1.82, 2.24) is 9.97 Å². The summed E-state index contributed by atoms with van der Waals surface area (Å²) >= 11 is 0. The number of carbonyl (C=O) groups is 2. The second-order valence-corrected chi connectivity index (χ2v) is 5.77. The molecule has 1 aromatic carbocycles. The minimum atomic E-state index is -0.359. The Morgan fingerprint density at radius 3 is 2.77 bits per heavy atom. The molecule has 1 amide bonds. The van der Waals surface area contributed by atoms with Crippen molar-refractivity contribution >= 4 is 23.7 Å². The number of nitrogens with one attached hydrogen (secondary N) is 1. The van der Waals surface area contributed by atoms with E-state index in [0.29, 0.717) is 35.6 Å². The highest BCUT2D eigenvalue weighted by molar-refractivity contribution is 6.01. The van der Waals surface area contributed by atoms with E-state index in [0.717, 1.165) is 12.0 Å². The average molecular weight is 353 g/mol. The number of nitrogens with zero attached hydrogens (tertiary/aromatic N) is 2. The fraction of sp³-hybridized carbons (Fsp3) is 0.263. The maximum atomic E-state index is 12.1. The van der Waals surface area contributed by atoms with Crippen LogP contribution in [0.15, 0.2) is 30.5 Å². The molecular formula is C19H19N3O4. The molecule has 1 aliphatic rings. The maximum absolute atomic E-state index is 12.1. The van der Waals surface area contributed by atoms with Crippen LogP contribution in [0.25, 0.3) is 6.08 Å². The van der Waals surface area contributed by atoms with Crippen LogP contribution in [0.4, 0.5) is 5.95 Å². The number of benzene rings is 1. The van der Waals surface area contributed by atoms with Gasteiger partial charge in [-0.1, -0.05) is 6.07 Å². The molecule has 0 spiro atoms. The number of carbonyl (C=O) groups excluding carboxylic acids is 2. The van der Waals surface area contributed by atoms with E-state index in [1.807, 2.05) is 6.07 Å². The molecule has 0 unspecified atom stereocenters. The van der Waals surface area contributed by atoms with Crippen LogP contribution in [0.3, 0.4) is 0 Å². The van der Waals surface area contributed by atoms with Gasteiger partial charge in [-0.05, 0) is 36.6 Å². The number of methoxy groups -OCH3 is 2. The largest absolute Gasteiger partial charge is 0.493 e. The van der Waals surface area contributed by atoms with E-state index >= 15 is 0 Å². The number of anilines is 1. The first kappa shape index (κ1) is 17.6. The molecule has 3 rings (SSSR count). The summed E-state index contributed by atoms with van der Waals surface area (Å²) < 4.78 is 10.4. The van der Waals surface area contributed by atoms with Crippen molar-refractivity contribution in [2.24, 2.45) is 0 Å². The summed E-state index contributed by atoms with van der Waals surface area (Å²) in [6, 6.07) is 5.34. The number of aryl methyl sites for hydroxylation is 1. The third-order valence-corrected chi connectivity index (χ3v) is 4.06. The van der Waals surface area contributed by atoms with Gasteiger partial charge in [0, 0.05) is 18.7 Å². The van der Waals surface area contributed by atoms with Crippen molar-refractivity contribution in [3.8, 4) is 11.5 Å². The summed E-state index contributed by atoms with van der Waals surface area (Å²) in [6.07, 6.45) is 6.53. The molecule has 0 aliphatic heterocycles. The second kappa shape index (κ2) is 7.77. The molecule has 1 N–H and O–H groups in total. The van der Waals surface area contributed by atoms with Crippen LogP contribution >= 0.6 is 0 Å². The standard InChI is InChI=1S/C19H19N3O4/c1-25-16-8-6-12(10-17(16)26-2)7-9-18(24)22-19-20-11-13-14(21-19)4-3-5-15(13)23/h6-11H,3-5H2,1-2H3,(H,20,21,22,24). The molecule has 134 valence electrons. The van der Waals surface area contributed by atoms with Gasteiger partial charge in [0.2, 0.25) is 5.95 Å². The van der Waals surface area contributed by atoms with Gasteiger partial charge in [0.05, 0.1) is 25.5 Å². The lowest BCUT2D eigenvalue weighted by molar-refractivity contribution is -0.111. The van der Waals surface area contributed by atoms with Crippen LogP contribution in [0, 0.1) is 0 Å². The monoisotopic (exact) mass is 353 g/mol. The maximum Gasteiger partial charge on any atom is 0.250 e. The fourth-order valence-corrected chi connectivity index (χ4v) is 2.73. The van der Waals surface area contributed by atoms with Gasteiger partial charge in [0.25, 0.3) is 5.91 Å². The Labute approximate surface area is 151 Å². The van der Waals surface area contributed by atoms with Crippen molar-refractivity contribution in [2.75, 3.05) is 19.5 Å². The van der Waals surface area contributed by atoms with Crippen LogP contribution in [0.5, 0.6) is 11.5 Å². The molecule has 1 heterocycles. The molecule has 0 bridgehead atoms. The molecular weight excluding hydrogens is 334 g/mol. The molecule has 1 aromatic heterocycles. The minimum Gasteiger partial charge on any atom is -0.493 e. The number of Topliss-reactive ketones (excluding diaryl/α,β-unsaturated/α-hetero) is 1. The molecule has 0 saturated carbocycles. The summed E-state index contributed by atoms with van der Waals surface area (Å²) in [7, 11) is 3.11. The Bertz CT molecular complexity index is 877. The van der Waals surface area contributed by atoms with Crippen molar-refractivity contribution < 1.29 is 19.1 Å². The van der Waals surface area contributed by atoms with Gasteiger partial charge < -0.3 is 9.47 Å². The minimum absolute atomic E-state index is 0.0532. The Morgan fingerprint density at radius 1 is 1.19 bits per heavy atom. The Hall–Kier alpha value is -3.22. The van der Waals surface area contributed by atoms with Gasteiger partial charge in [-0.15, -0.1) is 0 Å². The molecule has 0 saturated heterocycles. The van der Waals surface area contributed by atoms with Crippen LogP contribution in [0.2, 0.25) is 0 Å². The van der Waals surface area contributed by atoms with Gasteiger partial charge in [-0.2, -0.15) is 0 Å². The zero-order valence-corrected chi connectivity index (χ0v) is 14.6. The lowest BCUT2D eigenvalue weighted by atomic mass is 9.96. The zero-order chi connectivity index (χ0) is 18.5. The highest BCUT2D eigenvalue weighted by Gasteiger charge is 2.19. The number of fused-ring (bicyclic) bond motifs is 1. The van der Waals surface area contributed by atoms with Crippen molar-refractivity contribution in [3.63, 3.8) is 0 Å². The van der Waals surface area contributed by atoms with Crippen LogP contribution in [-0.2, 0) is 11.2 Å². The van der Waals surface area contributed by atoms with Crippen LogP contribution < -0.4 is 14.8 Å². The van der Waals surface area contributed by atoms with Gasteiger partial charge in [0.15, 0.2) is 17.3 Å². The number of rotatable bonds is 5. The second-order valence-electron chi connectivity index (χ2n) is 5.77. The van der Waals surface area contributed by atoms with E-state index in [2.05, 4.69) is 15.3 Å². The normalized spacial score (nSPS) is 13.4. The van der Waals surface area contributed by atoms with Crippen molar-refractivity contribution in [1.29, 1.82) is 0 Å². The van der Waals surface area contributed by atoms with E-state index in [1.54, 1.807) is 32.4 Å². The predicted molar refractivity (Wildman–Crippen MR) is 96.5 cm³/mol. The van der Waals surface area contributed by atoms with Crippen molar-refractivity contribution in [3.05, 3.63) is 47.3 Å². The summed E-state index contributed by atoms with van der Waals surface area (Å²) in [6.45, 7) is 0. The number of ether oxygens (including phenoxy) is 2. The molecule has 1 aliphatic carbocycles. The first-order valence-electron chi connectivity index (χ1n) is 8.21. The zero-order valence-electron chi connectivity index (χ0n) is 14.6. The highest BCUT2D eigenvalue weighted by Crippen LogP contribution is 2.28. The topological polar surface area (TPSA) is 90.4 Å². The van der Waals surface area contributed by atoms with E-state index < -0.39 is 0 Å². The van der Waals surface area contributed by atoms with E-state index in [9.17, 15) is 9.59 Å². The SMILES string of the molecule is COc1ccc(C=CC(=O)Nc2ncc3c(n2)CCCC3=O)cc1OC. The fourth-order valence-electron chi connectivity index (χ4n) is 2.73. The Kier molecular flexibility index (Phi) is 5.26. The number of aromatic nitrogens is 2. The van der Waals surface area contributed by atoms with E-state index in [4.69, 9.17) is 9.47 Å². The first-order chi connectivity index (χ1) is 12.6. The highest BCUT2D eigenvalue weighted by atomic mass is 16.5. The quantitative estimate of drug-likeness (QED) is 0.831. The number of ketones is 1. The van der Waals surface area contributed by atoms with Crippen LogP contribution in [-0.4, -0.2) is 35.9 Å². The lowest BCUT2D eigenvalue weighted by Gasteiger charge is -2.13. The molecule has 0 radical (unpaired) electrons. The summed E-state index contributed by atoms with van der Waals surface area (Å²) in [4.78, 5) is 32.2. The molecule has 7 heteroatoms.